The zero-order chi connectivity index (χ0) is 15.9. The molecule has 0 heterocycles. The molecule has 0 bridgehead atoms. The fraction of sp³-hybridized carbons (Fsp3) is 0.471. The van der Waals surface area contributed by atoms with Crippen LogP contribution in [0.3, 0.4) is 0 Å². The van der Waals surface area contributed by atoms with E-state index in [9.17, 15) is 4.79 Å². The molecule has 0 radical (unpaired) electrons. The summed E-state index contributed by atoms with van der Waals surface area (Å²) in [4.78, 5) is 14.2. The third kappa shape index (κ3) is 4.32. The van der Waals surface area contributed by atoms with Crippen LogP contribution >= 0.6 is 0 Å². The Morgan fingerprint density at radius 1 is 1.43 bits per heavy atom. The average molecular weight is 288 g/mol. The molecule has 0 fully saturated rings. The zero-order valence-electron chi connectivity index (χ0n) is 13.3. The number of rotatable bonds is 5. The molecule has 1 aromatic rings. The minimum absolute atomic E-state index is 0.0333. The summed E-state index contributed by atoms with van der Waals surface area (Å²) in [5, 5.41) is 0. The van der Waals surface area contributed by atoms with Crippen LogP contribution in [0.5, 0.6) is 0 Å². The van der Waals surface area contributed by atoms with Gasteiger partial charge in [-0.3, -0.25) is 4.79 Å². The van der Waals surface area contributed by atoms with Crippen molar-refractivity contribution in [3.05, 3.63) is 35.4 Å². The van der Waals surface area contributed by atoms with Gasteiger partial charge in [-0.15, -0.1) is 0 Å². The fourth-order valence-electron chi connectivity index (χ4n) is 2.04. The van der Waals surface area contributed by atoms with Gasteiger partial charge >= 0.3 is 0 Å². The predicted octanol–water partition coefficient (Wildman–Crippen LogP) is 1.77. The first kappa shape index (κ1) is 17.2. The first-order chi connectivity index (χ1) is 9.98. The molecule has 0 saturated heterocycles. The van der Waals surface area contributed by atoms with E-state index in [1.54, 1.807) is 19.1 Å². The maximum absolute atomic E-state index is 12.5. The first-order valence-electron chi connectivity index (χ1n) is 7.06. The van der Waals surface area contributed by atoms with E-state index in [1.165, 1.54) is 0 Å². The van der Waals surface area contributed by atoms with E-state index >= 15 is 0 Å². The molecule has 114 valence electrons. The Kier molecular flexibility index (Phi) is 6.41. The van der Waals surface area contributed by atoms with Gasteiger partial charge in [0.2, 0.25) is 0 Å². The van der Waals surface area contributed by atoms with E-state index in [-0.39, 0.29) is 5.91 Å². The van der Waals surface area contributed by atoms with Crippen LogP contribution in [0.15, 0.2) is 24.3 Å². The molecule has 1 amide bonds. The number of likely N-dealkylation sites (N-methyl/N-ethyl adjacent to an activating group) is 1. The van der Waals surface area contributed by atoms with Crippen LogP contribution in [0.4, 0.5) is 0 Å². The lowest BCUT2D eigenvalue weighted by molar-refractivity contribution is -0.152. The van der Waals surface area contributed by atoms with Crippen LogP contribution in [-0.2, 0) is 16.1 Å². The van der Waals surface area contributed by atoms with Gasteiger partial charge in [-0.05, 0) is 25.0 Å². The second-order valence-corrected chi connectivity index (χ2v) is 5.11. The van der Waals surface area contributed by atoms with E-state index < -0.39 is 5.60 Å². The fourth-order valence-corrected chi connectivity index (χ4v) is 2.04. The van der Waals surface area contributed by atoms with Gasteiger partial charge in [0.1, 0.15) is 5.60 Å². The van der Waals surface area contributed by atoms with Gasteiger partial charge in [0, 0.05) is 26.3 Å². The lowest BCUT2D eigenvalue weighted by Crippen LogP contribution is -2.46. The molecule has 1 atom stereocenters. The maximum Gasteiger partial charge on any atom is 0.254 e. The third-order valence-corrected chi connectivity index (χ3v) is 3.67. The standard InChI is InChI=1S/C17H24N2O2/c1-5-17(2,21-4)16(20)19(3)13-15-10-7-6-9-14(15)11-8-12-18/h6-7,9-10H,5,12-13,18H2,1-4H3. The molecule has 0 aliphatic carbocycles. The summed E-state index contributed by atoms with van der Waals surface area (Å²) in [6.45, 7) is 4.57. The minimum Gasteiger partial charge on any atom is -0.369 e. The van der Waals surface area contributed by atoms with E-state index in [0.717, 1.165) is 11.1 Å². The quantitative estimate of drug-likeness (QED) is 0.840. The Hall–Kier alpha value is -1.83. The summed E-state index contributed by atoms with van der Waals surface area (Å²) in [6, 6.07) is 7.78. The van der Waals surface area contributed by atoms with Gasteiger partial charge in [-0.25, -0.2) is 0 Å². The molecule has 0 aromatic heterocycles. The van der Waals surface area contributed by atoms with Crippen molar-refractivity contribution in [1.82, 2.24) is 4.90 Å². The topological polar surface area (TPSA) is 55.6 Å². The second kappa shape index (κ2) is 7.82. The molecule has 1 unspecified atom stereocenters. The van der Waals surface area contributed by atoms with Gasteiger partial charge in [0.15, 0.2) is 0 Å². The van der Waals surface area contributed by atoms with Gasteiger partial charge in [0.25, 0.3) is 5.91 Å². The molecule has 4 nitrogen and oxygen atoms in total. The summed E-state index contributed by atoms with van der Waals surface area (Å²) in [6.07, 6.45) is 0.626. The minimum atomic E-state index is -0.785. The first-order valence-corrected chi connectivity index (χ1v) is 7.06. The summed E-state index contributed by atoms with van der Waals surface area (Å²) in [7, 11) is 3.35. The van der Waals surface area contributed by atoms with Crippen LogP contribution in [0.2, 0.25) is 0 Å². The number of carbonyl (C=O) groups excluding carboxylic acids is 1. The summed E-state index contributed by atoms with van der Waals surface area (Å²) < 4.78 is 5.37. The number of nitrogens with zero attached hydrogens (tertiary/aromatic N) is 1. The van der Waals surface area contributed by atoms with Crippen molar-refractivity contribution in [3.8, 4) is 11.8 Å². The molecule has 1 rings (SSSR count). The van der Waals surface area contributed by atoms with Gasteiger partial charge < -0.3 is 15.4 Å². The predicted molar refractivity (Wildman–Crippen MR) is 84.6 cm³/mol. The van der Waals surface area contributed by atoms with Crippen molar-refractivity contribution in [2.45, 2.75) is 32.4 Å². The number of hydrogen-bond donors (Lipinski definition) is 1. The van der Waals surface area contributed by atoms with E-state index in [4.69, 9.17) is 10.5 Å². The number of carbonyl (C=O) groups is 1. The average Bonchev–Trinajstić information content (AvgIpc) is 2.52. The molecular formula is C17H24N2O2. The van der Waals surface area contributed by atoms with E-state index in [0.29, 0.717) is 19.5 Å². The zero-order valence-corrected chi connectivity index (χ0v) is 13.3. The molecule has 4 heteroatoms. The Labute approximate surface area is 127 Å². The number of hydrogen-bond acceptors (Lipinski definition) is 3. The van der Waals surface area contributed by atoms with Gasteiger partial charge in [-0.1, -0.05) is 37.0 Å². The van der Waals surface area contributed by atoms with Crippen LogP contribution in [0.1, 0.15) is 31.4 Å². The van der Waals surface area contributed by atoms with E-state index in [2.05, 4.69) is 11.8 Å². The SMILES string of the molecule is CCC(C)(OC)C(=O)N(C)Cc1ccccc1C#CCN. The summed E-state index contributed by atoms with van der Waals surface area (Å²) in [5.74, 6) is 5.86. The van der Waals surface area contributed by atoms with Crippen LogP contribution < -0.4 is 5.73 Å². The number of benzene rings is 1. The van der Waals surface area contributed by atoms with Crippen molar-refractivity contribution >= 4 is 5.91 Å². The van der Waals surface area contributed by atoms with Crippen molar-refractivity contribution < 1.29 is 9.53 Å². The molecule has 0 aliphatic rings. The molecule has 0 saturated carbocycles. The third-order valence-electron chi connectivity index (χ3n) is 3.67. The number of ether oxygens (including phenoxy) is 1. The Bertz CT molecular complexity index is 539. The Morgan fingerprint density at radius 3 is 2.67 bits per heavy atom. The van der Waals surface area contributed by atoms with Crippen molar-refractivity contribution in [2.24, 2.45) is 5.73 Å². The van der Waals surface area contributed by atoms with Crippen LogP contribution in [0.25, 0.3) is 0 Å². The molecule has 0 aliphatic heterocycles. The molecule has 21 heavy (non-hydrogen) atoms. The summed E-state index contributed by atoms with van der Waals surface area (Å²) >= 11 is 0. The lowest BCUT2D eigenvalue weighted by atomic mass is 10.0. The number of nitrogens with two attached hydrogens (primary N) is 1. The van der Waals surface area contributed by atoms with Crippen LogP contribution in [0, 0.1) is 11.8 Å². The van der Waals surface area contributed by atoms with Gasteiger partial charge in [0.05, 0.1) is 6.54 Å². The van der Waals surface area contributed by atoms with E-state index in [1.807, 2.05) is 38.1 Å². The largest absolute Gasteiger partial charge is 0.369 e. The maximum atomic E-state index is 12.5. The van der Waals surface area contributed by atoms with Crippen LogP contribution in [-0.4, -0.2) is 37.1 Å². The Balaban J connectivity index is 2.93. The highest BCUT2D eigenvalue weighted by molar-refractivity contribution is 5.84. The normalized spacial score (nSPS) is 13.0. The number of methoxy groups -OCH3 is 1. The smallest absolute Gasteiger partial charge is 0.254 e. The monoisotopic (exact) mass is 288 g/mol. The van der Waals surface area contributed by atoms with Gasteiger partial charge in [-0.2, -0.15) is 0 Å². The highest BCUT2D eigenvalue weighted by atomic mass is 16.5. The highest BCUT2D eigenvalue weighted by Gasteiger charge is 2.33. The number of amides is 1. The molecule has 1 aromatic carbocycles. The van der Waals surface area contributed by atoms with Crippen molar-refractivity contribution in [3.63, 3.8) is 0 Å². The molecular weight excluding hydrogens is 264 g/mol. The Morgan fingerprint density at radius 2 is 2.10 bits per heavy atom. The lowest BCUT2D eigenvalue weighted by Gasteiger charge is -2.30. The molecule has 2 N–H and O–H groups in total. The van der Waals surface area contributed by atoms with Crippen molar-refractivity contribution in [1.29, 1.82) is 0 Å². The summed E-state index contributed by atoms with van der Waals surface area (Å²) in [5.41, 5.74) is 6.53. The van der Waals surface area contributed by atoms with Crippen molar-refractivity contribution in [2.75, 3.05) is 20.7 Å². The highest BCUT2D eigenvalue weighted by Crippen LogP contribution is 2.19. The second-order valence-electron chi connectivity index (χ2n) is 5.11. The molecule has 0 spiro atoms.